The summed E-state index contributed by atoms with van der Waals surface area (Å²) in [5, 5.41) is 9.66. The molecule has 1 saturated heterocycles. The summed E-state index contributed by atoms with van der Waals surface area (Å²) in [4.78, 5) is 35.7. The summed E-state index contributed by atoms with van der Waals surface area (Å²) in [5.74, 6) is -2.97. The second-order valence-electron chi connectivity index (χ2n) is 7.04. The number of aliphatic hydroxyl groups excluding tert-OH is 1. The van der Waals surface area contributed by atoms with Crippen molar-refractivity contribution in [2.24, 2.45) is 5.92 Å². The van der Waals surface area contributed by atoms with Crippen molar-refractivity contribution in [2.45, 2.75) is 58.8 Å². The van der Waals surface area contributed by atoms with Gasteiger partial charge in [0.25, 0.3) is 0 Å². The van der Waals surface area contributed by atoms with E-state index in [-0.39, 0.29) is 5.57 Å². The van der Waals surface area contributed by atoms with E-state index in [9.17, 15) is 19.5 Å². The van der Waals surface area contributed by atoms with Crippen LogP contribution in [-0.4, -0.2) is 41.3 Å². The van der Waals surface area contributed by atoms with Crippen LogP contribution in [0, 0.1) is 5.92 Å². The Bertz CT molecular complexity index is 772. The smallest absolute Gasteiger partial charge is 0.373 e. The SMILES string of the molecule is C=C1C(=O)OC2C=C(C)C(OC(C)=O)CC=C(C)CC(OC(=O)C(O)=CC)C12. The molecule has 152 valence electrons. The van der Waals surface area contributed by atoms with E-state index >= 15 is 0 Å². The van der Waals surface area contributed by atoms with Crippen LogP contribution in [0.1, 0.15) is 40.5 Å². The lowest BCUT2D eigenvalue weighted by Crippen LogP contribution is -2.34. The molecule has 0 saturated carbocycles. The second kappa shape index (κ2) is 8.91. The number of rotatable bonds is 3. The largest absolute Gasteiger partial charge is 0.502 e. The highest BCUT2D eigenvalue weighted by Crippen LogP contribution is 2.36. The molecule has 2 aliphatic rings. The maximum Gasteiger partial charge on any atom is 0.373 e. The number of fused-ring (bicyclic) bond motifs is 1. The molecule has 1 aliphatic carbocycles. The molecule has 0 aromatic heterocycles. The van der Waals surface area contributed by atoms with Crippen LogP contribution in [0.15, 0.2) is 47.3 Å². The maximum atomic E-state index is 12.2. The Labute approximate surface area is 164 Å². The number of aliphatic hydroxyl groups is 1. The summed E-state index contributed by atoms with van der Waals surface area (Å²) in [6.45, 7) is 10.3. The van der Waals surface area contributed by atoms with E-state index in [4.69, 9.17) is 14.2 Å². The molecule has 0 amide bonds. The van der Waals surface area contributed by atoms with Crippen LogP contribution in [0.5, 0.6) is 0 Å². The molecule has 0 radical (unpaired) electrons. The quantitative estimate of drug-likeness (QED) is 0.260. The van der Waals surface area contributed by atoms with Crippen LogP contribution in [-0.2, 0) is 28.6 Å². The summed E-state index contributed by atoms with van der Waals surface area (Å²) in [6.07, 6.45) is 3.67. The van der Waals surface area contributed by atoms with Crippen molar-refractivity contribution < 1.29 is 33.7 Å². The molecule has 0 bridgehead atoms. The predicted molar refractivity (Wildman–Crippen MR) is 101 cm³/mol. The van der Waals surface area contributed by atoms with E-state index in [1.165, 1.54) is 19.9 Å². The van der Waals surface area contributed by atoms with Gasteiger partial charge in [0.1, 0.15) is 18.3 Å². The maximum absolute atomic E-state index is 12.2. The van der Waals surface area contributed by atoms with Crippen molar-refractivity contribution in [3.8, 4) is 0 Å². The molecular weight excluding hydrogens is 364 g/mol. The summed E-state index contributed by atoms with van der Waals surface area (Å²) in [5.41, 5.74) is 1.81. The average Bonchev–Trinajstić information content (AvgIpc) is 2.89. The first-order chi connectivity index (χ1) is 13.1. The Kier molecular flexibility index (Phi) is 6.83. The molecule has 1 fully saturated rings. The number of hydrogen-bond acceptors (Lipinski definition) is 7. The first-order valence-electron chi connectivity index (χ1n) is 9.11. The van der Waals surface area contributed by atoms with Crippen molar-refractivity contribution in [3.63, 3.8) is 0 Å². The van der Waals surface area contributed by atoms with Crippen LogP contribution < -0.4 is 0 Å². The minimum Gasteiger partial charge on any atom is -0.502 e. The van der Waals surface area contributed by atoms with Crippen LogP contribution >= 0.6 is 0 Å². The van der Waals surface area contributed by atoms with Gasteiger partial charge >= 0.3 is 17.9 Å². The van der Waals surface area contributed by atoms with Crippen LogP contribution in [0.25, 0.3) is 0 Å². The van der Waals surface area contributed by atoms with E-state index in [0.717, 1.165) is 11.1 Å². The van der Waals surface area contributed by atoms with Gasteiger partial charge in [0.05, 0.1) is 5.92 Å². The Morgan fingerprint density at radius 1 is 1.32 bits per heavy atom. The van der Waals surface area contributed by atoms with Crippen molar-refractivity contribution >= 4 is 17.9 Å². The monoisotopic (exact) mass is 390 g/mol. The molecule has 1 aliphatic heterocycles. The number of carbonyl (C=O) groups is 3. The summed E-state index contributed by atoms with van der Waals surface area (Å²) in [7, 11) is 0. The molecule has 7 heteroatoms. The lowest BCUT2D eigenvalue weighted by atomic mass is 9.85. The van der Waals surface area contributed by atoms with Gasteiger partial charge in [-0.25, -0.2) is 9.59 Å². The number of allylic oxidation sites excluding steroid dienone is 1. The summed E-state index contributed by atoms with van der Waals surface area (Å²) < 4.78 is 16.3. The van der Waals surface area contributed by atoms with E-state index < -0.39 is 47.9 Å². The Morgan fingerprint density at radius 2 is 2.00 bits per heavy atom. The van der Waals surface area contributed by atoms with Gasteiger partial charge in [0, 0.05) is 25.3 Å². The number of esters is 3. The minimum atomic E-state index is -0.873. The fourth-order valence-corrected chi connectivity index (χ4v) is 3.34. The number of hydrogen-bond donors (Lipinski definition) is 1. The Hall–Kier alpha value is -2.83. The van der Waals surface area contributed by atoms with Gasteiger partial charge in [-0.15, -0.1) is 0 Å². The van der Waals surface area contributed by atoms with E-state index in [2.05, 4.69) is 6.58 Å². The molecule has 4 atom stereocenters. The van der Waals surface area contributed by atoms with Crippen LogP contribution in [0.4, 0.5) is 0 Å². The van der Waals surface area contributed by atoms with Gasteiger partial charge in [-0.1, -0.05) is 18.2 Å². The van der Waals surface area contributed by atoms with Gasteiger partial charge < -0.3 is 19.3 Å². The Morgan fingerprint density at radius 3 is 2.61 bits per heavy atom. The molecule has 7 nitrogen and oxygen atoms in total. The highest BCUT2D eigenvalue weighted by Gasteiger charge is 2.45. The zero-order valence-corrected chi connectivity index (χ0v) is 16.6. The summed E-state index contributed by atoms with van der Waals surface area (Å²) >= 11 is 0. The van der Waals surface area contributed by atoms with Crippen LogP contribution in [0.3, 0.4) is 0 Å². The molecule has 0 spiro atoms. The predicted octanol–water partition coefficient (Wildman–Crippen LogP) is 3.08. The third kappa shape index (κ3) is 4.91. The highest BCUT2D eigenvalue weighted by atomic mass is 16.6. The van der Waals surface area contributed by atoms with Crippen LogP contribution in [0.2, 0.25) is 0 Å². The van der Waals surface area contributed by atoms with Gasteiger partial charge in [-0.05, 0) is 38.5 Å². The molecule has 0 aromatic rings. The average molecular weight is 390 g/mol. The van der Waals surface area contributed by atoms with E-state index in [1.54, 1.807) is 13.0 Å². The zero-order chi connectivity index (χ0) is 21.0. The molecule has 0 aromatic carbocycles. The molecule has 1 heterocycles. The van der Waals surface area contributed by atoms with Crippen molar-refractivity contribution in [3.05, 3.63) is 47.3 Å². The van der Waals surface area contributed by atoms with E-state index in [1.807, 2.05) is 13.0 Å². The minimum absolute atomic E-state index is 0.198. The summed E-state index contributed by atoms with van der Waals surface area (Å²) in [6, 6.07) is 0. The zero-order valence-electron chi connectivity index (χ0n) is 16.6. The molecule has 28 heavy (non-hydrogen) atoms. The van der Waals surface area contributed by atoms with Crippen molar-refractivity contribution in [1.82, 2.24) is 0 Å². The molecule has 1 N–H and O–H groups in total. The lowest BCUT2D eigenvalue weighted by Gasteiger charge is -2.28. The number of ether oxygens (including phenoxy) is 3. The van der Waals surface area contributed by atoms with Gasteiger partial charge in [0.15, 0.2) is 5.76 Å². The fraction of sp³-hybridized carbons (Fsp3) is 0.476. The lowest BCUT2D eigenvalue weighted by molar-refractivity contribution is -0.150. The van der Waals surface area contributed by atoms with Gasteiger partial charge in [-0.3, -0.25) is 4.79 Å². The van der Waals surface area contributed by atoms with E-state index in [0.29, 0.717) is 12.8 Å². The molecule has 4 unspecified atom stereocenters. The van der Waals surface area contributed by atoms with Gasteiger partial charge in [-0.2, -0.15) is 0 Å². The Balaban J connectivity index is 2.44. The molecule has 2 rings (SSSR count). The first kappa shape index (κ1) is 21.5. The third-order valence-electron chi connectivity index (χ3n) is 4.85. The standard InChI is InChI=1S/C21H26O7/c1-6-15(23)21(25)28-17-9-11(2)7-8-16(26-14(5)22)12(3)10-18-19(17)13(4)20(24)27-18/h6-7,10,16-19,23H,4,8-9H2,1-3,5H3. The topological polar surface area (TPSA) is 99.1 Å². The number of carbonyl (C=O) groups excluding carboxylic acids is 3. The van der Waals surface area contributed by atoms with Gasteiger partial charge in [0.2, 0.25) is 0 Å². The fourth-order valence-electron chi connectivity index (χ4n) is 3.34. The first-order valence-corrected chi connectivity index (χ1v) is 9.11. The molecular formula is C21H26O7. The normalized spacial score (nSPS) is 28.5. The third-order valence-corrected chi connectivity index (χ3v) is 4.85. The second-order valence-corrected chi connectivity index (χ2v) is 7.04. The van der Waals surface area contributed by atoms with Crippen molar-refractivity contribution in [2.75, 3.05) is 0 Å². The highest BCUT2D eigenvalue weighted by molar-refractivity contribution is 5.91. The van der Waals surface area contributed by atoms with Crippen molar-refractivity contribution in [1.29, 1.82) is 0 Å².